The highest BCUT2D eigenvalue weighted by molar-refractivity contribution is 8.13. The van der Waals surface area contributed by atoms with Crippen molar-refractivity contribution in [3.63, 3.8) is 0 Å². The fourth-order valence-electron chi connectivity index (χ4n) is 3.63. The number of ether oxygens (including phenoxy) is 1. The number of nitrogens with one attached hydrogen (secondary N) is 1. The molecule has 0 unspecified atom stereocenters. The standard InChI is InChI=1S/C25H26N2O2S/c1-27(2)25(28)30-20-11-6-8-18(16-20)17-26-23-14-15-29-24-21(12-7-13-22(23)24)19-9-4-3-5-10-19/h3-13,16,23,26H,14-15,17H2,1-2H3/t23-/m1/s1. The van der Waals surface area contributed by atoms with Gasteiger partial charge >= 0.3 is 0 Å². The van der Waals surface area contributed by atoms with Crippen LogP contribution < -0.4 is 10.1 Å². The molecule has 3 aromatic rings. The zero-order chi connectivity index (χ0) is 20.9. The summed E-state index contributed by atoms with van der Waals surface area (Å²) in [7, 11) is 3.54. The van der Waals surface area contributed by atoms with Gasteiger partial charge in [0, 0.05) is 49.1 Å². The molecule has 154 valence electrons. The molecule has 0 radical (unpaired) electrons. The Hall–Kier alpha value is -2.76. The molecular weight excluding hydrogens is 392 g/mol. The molecule has 1 atom stereocenters. The van der Waals surface area contributed by atoms with Gasteiger partial charge in [0.2, 0.25) is 0 Å². The maximum Gasteiger partial charge on any atom is 0.285 e. The van der Waals surface area contributed by atoms with E-state index in [1.165, 1.54) is 28.5 Å². The summed E-state index contributed by atoms with van der Waals surface area (Å²) in [6, 6.07) is 25.2. The van der Waals surface area contributed by atoms with Crippen molar-refractivity contribution in [2.75, 3.05) is 20.7 Å². The summed E-state index contributed by atoms with van der Waals surface area (Å²) in [4.78, 5) is 14.5. The van der Waals surface area contributed by atoms with Crippen molar-refractivity contribution in [3.8, 4) is 16.9 Å². The molecule has 30 heavy (non-hydrogen) atoms. The van der Waals surface area contributed by atoms with Crippen LogP contribution in [0, 0.1) is 0 Å². The third-order valence-electron chi connectivity index (χ3n) is 5.18. The first-order valence-corrected chi connectivity index (χ1v) is 11.0. The minimum Gasteiger partial charge on any atom is -0.493 e. The molecule has 3 aromatic carbocycles. The Morgan fingerprint density at radius 1 is 1.07 bits per heavy atom. The average molecular weight is 419 g/mol. The molecule has 0 saturated carbocycles. The van der Waals surface area contributed by atoms with Crippen LogP contribution in [0.15, 0.2) is 77.7 Å². The van der Waals surface area contributed by atoms with Gasteiger partial charge in [-0.3, -0.25) is 4.79 Å². The number of hydrogen-bond donors (Lipinski definition) is 1. The third kappa shape index (κ3) is 4.69. The predicted molar refractivity (Wildman–Crippen MR) is 123 cm³/mol. The Balaban J connectivity index is 1.50. The highest BCUT2D eigenvalue weighted by atomic mass is 32.2. The SMILES string of the molecule is CN(C)C(=O)Sc1cccc(CN[C@@H]2CCOc3c(-c4ccccc4)cccc32)c1. The summed E-state index contributed by atoms with van der Waals surface area (Å²) >= 11 is 1.25. The lowest BCUT2D eigenvalue weighted by atomic mass is 9.94. The summed E-state index contributed by atoms with van der Waals surface area (Å²) in [6.07, 6.45) is 0.929. The lowest BCUT2D eigenvalue weighted by Gasteiger charge is -2.28. The van der Waals surface area contributed by atoms with E-state index in [0.717, 1.165) is 29.2 Å². The predicted octanol–water partition coefficient (Wildman–Crippen LogP) is 5.74. The van der Waals surface area contributed by atoms with Gasteiger partial charge in [0.25, 0.3) is 5.24 Å². The largest absolute Gasteiger partial charge is 0.493 e. The molecule has 0 spiro atoms. The molecule has 0 saturated heterocycles. The molecule has 4 nitrogen and oxygen atoms in total. The van der Waals surface area contributed by atoms with E-state index in [-0.39, 0.29) is 11.3 Å². The lowest BCUT2D eigenvalue weighted by Crippen LogP contribution is -2.27. The quantitative estimate of drug-likeness (QED) is 0.537. The van der Waals surface area contributed by atoms with Gasteiger partial charge in [0.1, 0.15) is 5.75 Å². The summed E-state index contributed by atoms with van der Waals surface area (Å²) in [6.45, 7) is 1.44. The molecule has 1 heterocycles. The highest BCUT2D eigenvalue weighted by Gasteiger charge is 2.23. The van der Waals surface area contributed by atoms with E-state index in [0.29, 0.717) is 6.61 Å². The van der Waals surface area contributed by atoms with Crippen molar-refractivity contribution in [1.82, 2.24) is 10.2 Å². The summed E-state index contributed by atoms with van der Waals surface area (Å²) in [5, 5.41) is 3.73. The molecule has 0 fully saturated rings. The molecule has 1 N–H and O–H groups in total. The molecule has 0 aliphatic carbocycles. The third-order valence-corrected chi connectivity index (χ3v) is 6.21. The number of nitrogens with zero attached hydrogens (tertiary/aromatic N) is 1. The van der Waals surface area contributed by atoms with Crippen molar-refractivity contribution in [2.24, 2.45) is 0 Å². The second-order valence-electron chi connectivity index (χ2n) is 7.57. The maximum absolute atomic E-state index is 12.0. The van der Waals surface area contributed by atoms with Crippen LogP contribution >= 0.6 is 11.8 Å². The van der Waals surface area contributed by atoms with Gasteiger partial charge in [0.15, 0.2) is 0 Å². The zero-order valence-corrected chi connectivity index (χ0v) is 18.1. The minimum atomic E-state index is 0.0342. The number of benzene rings is 3. The van der Waals surface area contributed by atoms with Crippen molar-refractivity contribution in [3.05, 3.63) is 83.9 Å². The van der Waals surface area contributed by atoms with Crippen LogP contribution in [-0.2, 0) is 6.54 Å². The number of thioether (sulfide) groups is 1. The monoisotopic (exact) mass is 418 g/mol. The molecule has 1 amide bonds. The summed E-state index contributed by atoms with van der Waals surface area (Å²) in [5.74, 6) is 0.980. The number of rotatable bonds is 5. The fraction of sp³-hybridized carbons (Fsp3) is 0.240. The average Bonchev–Trinajstić information content (AvgIpc) is 2.78. The Bertz CT molecular complexity index is 1020. The van der Waals surface area contributed by atoms with E-state index < -0.39 is 0 Å². The lowest BCUT2D eigenvalue weighted by molar-refractivity contribution is 0.241. The zero-order valence-electron chi connectivity index (χ0n) is 17.3. The van der Waals surface area contributed by atoms with Crippen LogP contribution in [0.4, 0.5) is 4.79 Å². The maximum atomic E-state index is 12.0. The van der Waals surface area contributed by atoms with Crippen LogP contribution in [0.1, 0.15) is 23.6 Å². The molecule has 0 aromatic heterocycles. The summed E-state index contributed by atoms with van der Waals surface area (Å²) < 4.78 is 6.09. The number of carbonyl (C=O) groups is 1. The van der Waals surface area contributed by atoms with E-state index in [4.69, 9.17) is 4.74 Å². The van der Waals surface area contributed by atoms with Crippen LogP contribution in [0.2, 0.25) is 0 Å². The smallest absolute Gasteiger partial charge is 0.285 e. The van der Waals surface area contributed by atoms with Gasteiger partial charge in [-0.25, -0.2) is 0 Å². The van der Waals surface area contributed by atoms with Crippen molar-refractivity contribution < 1.29 is 9.53 Å². The van der Waals surface area contributed by atoms with E-state index in [2.05, 4.69) is 59.9 Å². The number of hydrogen-bond acceptors (Lipinski definition) is 4. The Morgan fingerprint density at radius 2 is 1.87 bits per heavy atom. The number of amides is 1. The molecule has 4 rings (SSSR count). The molecule has 0 bridgehead atoms. The van der Waals surface area contributed by atoms with Gasteiger partial charge in [-0.2, -0.15) is 0 Å². The van der Waals surface area contributed by atoms with Crippen LogP contribution in [-0.4, -0.2) is 30.8 Å². The fourth-order valence-corrected chi connectivity index (χ4v) is 4.37. The number of carbonyl (C=O) groups excluding carboxylic acids is 1. The van der Waals surface area contributed by atoms with E-state index >= 15 is 0 Å². The van der Waals surface area contributed by atoms with E-state index in [9.17, 15) is 4.79 Å². The van der Waals surface area contributed by atoms with Gasteiger partial charge in [-0.1, -0.05) is 60.7 Å². The highest BCUT2D eigenvalue weighted by Crippen LogP contribution is 2.40. The van der Waals surface area contributed by atoms with Gasteiger partial charge in [-0.15, -0.1) is 0 Å². The van der Waals surface area contributed by atoms with Gasteiger partial charge in [-0.05, 0) is 35.0 Å². The van der Waals surface area contributed by atoms with Gasteiger partial charge < -0.3 is 15.0 Å². The molecular formula is C25H26N2O2S. The number of para-hydroxylation sites is 1. The first-order chi connectivity index (χ1) is 14.6. The first kappa shape index (κ1) is 20.5. The van der Waals surface area contributed by atoms with Gasteiger partial charge in [0.05, 0.1) is 6.61 Å². The van der Waals surface area contributed by atoms with Crippen LogP contribution in [0.3, 0.4) is 0 Å². The van der Waals surface area contributed by atoms with Crippen molar-refractivity contribution in [2.45, 2.75) is 23.9 Å². The Morgan fingerprint density at radius 3 is 2.67 bits per heavy atom. The molecule has 1 aliphatic heterocycles. The van der Waals surface area contributed by atoms with Crippen molar-refractivity contribution >= 4 is 17.0 Å². The summed E-state index contributed by atoms with van der Waals surface area (Å²) in [5.41, 5.74) is 4.68. The van der Waals surface area contributed by atoms with Crippen molar-refractivity contribution in [1.29, 1.82) is 0 Å². The first-order valence-electron chi connectivity index (χ1n) is 10.1. The van der Waals surface area contributed by atoms with E-state index in [1.807, 2.05) is 18.2 Å². The number of fused-ring (bicyclic) bond motifs is 1. The van der Waals surface area contributed by atoms with E-state index in [1.54, 1.807) is 19.0 Å². The minimum absolute atomic E-state index is 0.0342. The second-order valence-corrected chi connectivity index (χ2v) is 8.60. The van der Waals surface area contributed by atoms with Crippen LogP contribution in [0.25, 0.3) is 11.1 Å². The molecule has 5 heteroatoms. The second kappa shape index (κ2) is 9.37. The normalized spacial score (nSPS) is 15.2. The Kier molecular flexibility index (Phi) is 6.41. The van der Waals surface area contributed by atoms with Crippen LogP contribution in [0.5, 0.6) is 5.75 Å². The topological polar surface area (TPSA) is 41.6 Å². The Labute approximate surface area is 182 Å². The molecule has 1 aliphatic rings.